The summed E-state index contributed by atoms with van der Waals surface area (Å²) in [5.41, 5.74) is 2.09. The number of nitrogens with zero attached hydrogens (tertiary/aromatic N) is 1. The second kappa shape index (κ2) is 4.00. The van der Waals surface area contributed by atoms with Gasteiger partial charge in [0.2, 0.25) is 0 Å². The highest BCUT2D eigenvalue weighted by Crippen LogP contribution is 2.11. The van der Waals surface area contributed by atoms with E-state index in [4.69, 9.17) is 0 Å². The summed E-state index contributed by atoms with van der Waals surface area (Å²) < 4.78 is 0.931. The molecule has 0 aliphatic heterocycles. The van der Waals surface area contributed by atoms with Crippen molar-refractivity contribution >= 4 is 6.29 Å². The Kier molecular flexibility index (Phi) is 2.54. The Bertz CT molecular complexity index is 460. The summed E-state index contributed by atoms with van der Waals surface area (Å²) in [6.45, 7) is 0. The molecule has 0 bridgehead atoms. The highest BCUT2D eigenvalue weighted by molar-refractivity contribution is 5.72. The van der Waals surface area contributed by atoms with Gasteiger partial charge in [0.15, 0.2) is 6.29 Å². The average Bonchev–Trinajstić information content (AvgIpc) is 2.62. The minimum Gasteiger partial charge on any atom is -0.428 e. The summed E-state index contributed by atoms with van der Waals surface area (Å²) in [6, 6.07) is 13.1. The van der Waals surface area contributed by atoms with Crippen LogP contribution in [0.4, 0.5) is 0 Å². The summed E-state index contributed by atoms with van der Waals surface area (Å²) in [4.78, 5) is 10.5. The fourth-order valence-electron chi connectivity index (χ4n) is 1.52. The predicted molar refractivity (Wildman–Crippen MR) is 56.3 cm³/mol. The molecule has 0 saturated carbocycles. The first-order valence-electron chi connectivity index (χ1n) is 4.70. The zero-order valence-corrected chi connectivity index (χ0v) is 8.13. The normalized spacial score (nSPS) is 10.1. The molecule has 3 nitrogen and oxygen atoms in total. The van der Waals surface area contributed by atoms with Gasteiger partial charge in [-0.05, 0) is 17.7 Å². The quantitative estimate of drug-likeness (QED) is 0.610. The van der Waals surface area contributed by atoms with E-state index < -0.39 is 0 Å². The summed E-state index contributed by atoms with van der Waals surface area (Å²) in [5, 5.41) is 9.58. The lowest BCUT2D eigenvalue weighted by molar-refractivity contribution is 0.107. The monoisotopic (exact) mass is 201 g/mol. The molecule has 2 rings (SSSR count). The topological polar surface area (TPSA) is 42.2 Å². The van der Waals surface area contributed by atoms with Crippen molar-refractivity contribution in [3.8, 4) is 0 Å². The molecule has 0 atom stereocenters. The smallest absolute Gasteiger partial charge is 0.169 e. The highest BCUT2D eigenvalue weighted by atomic mass is 16.5. The molecule has 0 amide bonds. The Morgan fingerprint density at radius 2 is 1.87 bits per heavy atom. The Morgan fingerprint density at radius 1 is 1.13 bits per heavy atom. The van der Waals surface area contributed by atoms with Gasteiger partial charge in [0.25, 0.3) is 0 Å². The second-order valence-electron chi connectivity index (χ2n) is 3.34. The van der Waals surface area contributed by atoms with Gasteiger partial charge < -0.3 is 5.21 Å². The lowest BCUT2D eigenvalue weighted by Gasteiger charge is -2.02. The Balaban J connectivity index is 2.25. The molecule has 0 fully saturated rings. The van der Waals surface area contributed by atoms with Crippen molar-refractivity contribution in [1.29, 1.82) is 0 Å². The van der Waals surface area contributed by atoms with Crippen molar-refractivity contribution in [3.63, 3.8) is 0 Å². The molecular formula is C12H11NO2. The maximum absolute atomic E-state index is 10.5. The van der Waals surface area contributed by atoms with E-state index in [0.29, 0.717) is 18.4 Å². The molecule has 3 heteroatoms. The van der Waals surface area contributed by atoms with Crippen LogP contribution < -0.4 is 0 Å². The molecule has 1 heterocycles. The lowest BCUT2D eigenvalue weighted by atomic mass is 10.1. The minimum absolute atomic E-state index is 0.279. The van der Waals surface area contributed by atoms with E-state index in [1.165, 1.54) is 0 Å². The average molecular weight is 201 g/mol. The van der Waals surface area contributed by atoms with Crippen LogP contribution in [0.1, 0.15) is 21.7 Å². The number of aldehydes is 1. The van der Waals surface area contributed by atoms with Crippen LogP contribution in [0.2, 0.25) is 0 Å². The van der Waals surface area contributed by atoms with Crippen LogP contribution in [0.3, 0.4) is 0 Å². The highest BCUT2D eigenvalue weighted by Gasteiger charge is 2.06. The van der Waals surface area contributed by atoms with Gasteiger partial charge in [-0.1, -0.05) is 30.3 Å². The van der Waals surface area contributed by atoms with Crippen LogP contribution in [-0.2, 0) is 6.42 Å². The first-order valence-corrected chi connectivity index (χ1v) is 4.70. The Hall–Kier alpha value is -2.03. The molecule has 76 valence electrons. The van der Waals surface area contributed by atoms with E-state index in [-0.39, 0.29) is 5.69 Å². The molecule has 1 aromatic carbocycles. The molecule has 2 aromatic rings. The predicted octanol–water partition coefficient (Wildman–Crippen LogP) is 2.13. The molecule has 1 aromatic heterocycles. The molecular weight excluding hydrogens is 190 g/mol. The molecule has 1 N–H and O–H groups in total. The van der Waals surface area contributed by atoms with Gasteiger partial charge in [0.05, 0.1) is 5.69 Å². The van der Waals surface area contributed by atoms with Gasteiger partial charge >= 0.3 is 0 Å². The third-order valence-corrected chi connectivity index (χ3v) is 2.31. The number of carbonyl (C=O) groups excluding carboxylic acids is 1. The van der Waals surface area contributed by atoms with Crippen LogP contribution in [0.15, 0.2) is 42.5 Å². The van der Waals surface area contributed by atoms with Crippen molar-refractivity contribution in [2.24, 2.45) is 0 Å². The SMILES string of the molecule is O=Cc1ccc(Cc2ccccc2)n1O. The summed E-state index contributed by atoms with van der Waals surface area (Å²) in [5.74, 6) is 0. The number of aromatic nitrogens is 1. The Morgan fingerprint density at radius 3 is 2.47 bits per heavy atom. The van der Waals surface area contributed by atoms with Crippen molar-refractivity contribution in [2.45, 2.75) is 6.42 Å². The van der Waals surface area contributed by atoms with Gasteiger partial charge in [-0.3, -0.25) is 4.79 Å². The van der Waals surface area contributed by atoms with E-state index in [2.05, 4.69) is 0 Å². The van der Waals surface area contributed by atoms with Crippen LogP contribution in [0, 0.1) is 0 Å². The van der Waals surface area contributed by atoms with Gasteiger partial charge in [-0.25, -0.2) is 0 Å². The third-order valence-electron chi connectivity index (χ3n) is 2.31. The molecule has 0 saturated heterocycles. The molecule has 0 unspecified atom stereocenters. The minimum atomic E-state index is 0.279. The molecule has 15 heavy (non-hydrogen) atoms. The standard InChI is InChI=1S/C12H11NO2/c14-9-12-7-6-11(13(12)15)8-10-4-2-1-3-5-10/h1-7,9,15H,8H2. The van der Waals surface area contributed by atoms with Crippen molar-refractivity contribution < 1.29 is 10.0 Å². The van der Waals surface area contributed by atoms with Crippen molar-refractivity contribution in [3.05, 3.63) is 59.4 Å². The van der Waals surface area contributed by atoms with Crippen LogP contribution in [-0.4, -0.2) is 16.2 Å². The summed E-state index contributed by atoms with van der Waals surface area (Å²) in [7, 11) is 0. The van der Waals surface area contributed by atoms with Gasteiger partial charge in [-0.15, -0.1) is 0 Å². The number of hydrogen-bond donors (Lipinski definition) is 1. The first-order chi connectivity index (χ1) is 7.31. The van der Waals surface area contributed by atoms with Crippen LogP contribution in [0.5, 0.6) is 0 Å². The zero-order valence-electron chi connectivity index (χ0n) is 8.13. The first kappa shape index (κ1) is 9.52. The number of rotatable bonds is 3. The largest absolute Gasteiger partial charge is 0.428 e. The van der Waals surface area contributed by atoms with E-state index in [0.717, 1.165) is 10.3 Å². The maximum atomic E-state index is 10.5. The van der Waals surface area contributed by atoms with E-state index in [1.807, 2.05) is 30.3 Å². The zero-order chi connectivity index (χ0) is 10.7. The molecule has 0 spiro atoms. The van der Waals surface area contributed by atoms with Crippen LogP contribution in [0.25, 0.3) is 0 Å². The Labute approximate surface area is 87.5 Å². The van der Waals surface area contributed by atoms with E-state index >= 15 is 0 Å². The molecule has 0 aliphatic carbocycles. The summed E-state index contributed by atoms with van der Waals surface area (Å²) >= 11 is 0. The number of carbonyl (C=O) groups is 1. The van der Waals surface area contributed by atoms with Gasteiger partial charge in [0, 0.05) is 6.42 Å². The van der Waals surface area contributed by atoms with Crippen molar-refractivity contribution in [2.75, 3.05) is 0 Å². The van der Waals surface area contributed by atoms with Gasteiger partial charge in [-0.2, -0.15) is 4.73 Å². The van der Waals surface area contributed by atoms with E-state index in [1.54, 1.807) is 12.1 Å². The van der Waals surface area contributed by atoms with Crippen molar-refractivity contribution in [1.82, 2.24) is 4.73 Å². The fraction of sp³-hybridized carbons (Fsp3) is 0.0833. The molecule has 0 radical (unpaired) electrons. The van der Waals surface area contributed by atoms with E-state index in [9.17, 15) is 10.0 Å². The lowest BCUT2D eigenvalue weighted by Crippen LogP contribution is -2.02. The second-order valence-corrected chi connectivity index (χ2v) is 3.34. The summed E-state index contributed by atoms with van der Waals surface area (Å²) in [6.07, 6.45) is 1.25. The fourth-order valence-corrected chi connectivity index (χ4v) is 1.52. The molecule has 0 aliphatic rings. The van der Waals surface area contributed by atoms with Crippen LogP contribution >= 0.6 is 0 Å². The number of hydrogen-bond acceptors (Lipinski definition) is 2. The number of benzene rings is 1. The third kappa shape index (κ3) is 1.91. The maximum Gasteiger partial charge on any atom is 0.169 e. The van der Waals surface area contributed by atoms with Gasteiger partial charge in [0.1, 0.15) is 5.69 Å².